The van der Waals surface area contributed by atoms with Gasteiger partial charge < -0.3 is 20.1 Å². The van der Waals surface area contributed by atoms with Gasteiger partial charge in [0, 0.05) is 36.7 Å². The Bertz CT molecular complexity index is 1070. The smallest absolute Gasteiger partial charge is 0.315 e. The molecule has 2 N–H and O–H groups in total. The van der Waals surface area contributed by atoms with Crippen molar-refractivity contribution in [2.45, 2.75) is 18.5 Å². The van der Waals surface area contributed by atoms with Crippen molar-refractivity contribution in [3.63, 3.8) is 0 Å². The third kappa shape index (κ3) is 3.90. The van der Waals surface area contributed by atoms with Gasteiger partial charge in [-0.25, -0.2) is 9.78 Å². The summed E-state index contributed by atoms with van der Waals surface area (Å²) in [5.74, 6) is 1.50. The number of primary amides is 1. The fraction of sp³-hybridized carbons (Fsp3) is 0.333. The number of nitrogens with two attached hydrogens (primary N) is 1. The van der Waals surface area contributed by atoms with E-state index in [9.17, 15) is 4.79 Å². The van der Waals surface area contributed by atoms with Gasteiger partial charge in [-0.05, 0) is 48.9 Å². The topological polar surface area (TPSA) is 80.9 Å². The Hall–Kier alpha value is -2.55. The van der Waals surface area contributed by atoms with Crippen molar-refractivity contribution in [2.75, 3.05) is 26.2 Å². The zero-order valence-electron chi connectivity index (χ0n) is 16.2. The highest BCUT2D eigenvalue weighted by atomic mass is 35.5. The van der Waals surface area contributed by atoms with Crippen LogP contribution in [0.4, 0.5) is 4.79 Å². The number of halogens is 1. The molecule has 2 bridgehead atoms. The summed E-state index contributed by atoms with van der Waals surface area (Å²) in [6.07, 6.45) is 1.01. The lowest BCUT2D eigenvalue weighted by Crippen LogP contribution is -2.51. The molecule has 2 aliphatic rings. The lowest BCUT2D eigenvalue weighted by Gasteiger charge is -2.33. The van der Waals surface area contributed by atoms with Gasteiger partial charge in [0.15, 0.2) is 0 Å². The van der Waals surface area contributed by atoms with Crippen molar-refractivity contribution in [3.05, 3.63) is 47.5 Å². The van der Waals surface area contributed by atoms with Crippen molar-refractivity contribution in [1.82, 2.24) is 14.8 Å². The van der Waals surface area contributed by atoms with Gasteiger partial charge in [-0.15, -0.1) is 0 Å². The highest BCUT2D eigenvalue weighted by molar-refractivity contribution is 7.20. The predicted molar refractivity (Wildman–Crippen MR) is 117 cm³/mol. The molecule has 1 aromatic heterocycles. The highest BCUT2D eigenvalue weighted by Crippen LogP contribution is 2.33. The van der Waals surface area contributed by atoms with E-state index in [4.69, 9.17) is 26.8 Å². The Labute approximate surface area is 182 Å². The van der Waals surface area contributed by atoms with Gasteiger partial charge in [0.05, 0.1) is 10.2 Å². The van der Waals surface area contributed by atoms with Crippen LogP contribution >= 0.6 is 22.9 Å². The van der Waals surface area contributed by atoms with Crippen molar-refractivity contribution in [2.24, 2.45) is 5.73 Å². The number of thiazole rings is 1. The number of piperazine rings is 1. The minimum atomic E-state index is -0.310. The molecule has 3 aromatic rings. The van der Waals surface area contributed by atoms with Crippen LogP contribution in [0.15, 0.2) is 42.5 Å². The number of benzene rings is 2. The van der Waals surface area contributed by atoms with Crippen LogP contribution in [0.25, 0.3) is 10.2 Å². The van der Waals surface area contributed by atoms with E-state index in [0.717, 1.165) is 42.0 Å². The third-order valence-electron chi connectivity index (χ3n) is 5.64. The van der Waals surface area contributed by atoms with Crippen molar-refractivity contribution < 1.29 is 14.3 Å². The molecule has 2 aromatic carbocycles. The molecule has 156 valence electrons. The molecule has 2 atom stereocenters. The first-order chi connectivity index (χ1) is 14.5. The summed E-state index contributed by atoms with van der Waals surface area (Å²) < 4.78 is 12.8. The zero-order chi connectivity index (χ0) is 20.7. The van der Waals surface area contributed by atoms with E-state index in [1.54, 1.807) is 4.90 Å². The molecular weight excluding hydrogens is 424 g/mol. The molecule has 30 heavy (non-hydrogen) atoms. The normalized spacial score (nSPS) is 20.8. The average molecular weight is 445 g/mol. The molecule has 9 heteroatoms. The summed E-state index contributed by atoms with van der Waals surface area (Å²) in [5, 5.41) is 1.24. The maximum Gasteiger partial charge on any atom is 0.315 e. The van der Waals surface area contributed by atoms with Gasteiger partial charge in [-0.3, -0.25) is 4.90 Å². The SMILES string of the molecule is NC(=O)N1C[C@H]2C[C@H]1CN2CCOc1ccc(Oc2nc3cc(Cl)ccc3s2)cc1. The molecule has 0 unspecified atom stereocenters. The number of ether oxygens (including phenoxy) is 2. The number of urea groups is 1. The number of hydrogen-bond donors (Lipinski definition) is 1. The van der Waals surface area contributed by atoms with E-state index in [0.29, 0.717) is 28.6 Å². The fourth-order valence-corrected chi connectivity index (χ4v) is 5.18. The van der Waals surface area contributed by atoms with Gasteiger partial charge in [0.2, 0.25) is 0 Å². The molecule has 0 aliphatic carbocycles. The van der Waals surface area contributed by atoms with E-state index < -0.39 is 0 Å². The lowest BCUT2D eigenvalue weighted by molar-refractivity contribution is 0.127. The first-order valence-electron chi connectivity index (χ1n) is 9.82. The minimum Gasteiger partial charge on any atom is -0.492 e. The molecule has 2 saturated heterocycles. The number of carbonyl (C=O) groups is 1. The molecule has 5 rings (SSSR count). The lowest BCUT2D eigenvalue weighted by atomic mass is 10.2. The van der Waals surface area contributed by atoms with Crippen LogP contribution in [-0.2, 0) is 0 Å². The Morgan fingerprint density at radius 3 is 2.70 bits per heavy atom. The quantitative estimate of drug-likeness (QED) is 0.622. The summed E-state index contributed by atoms with van der Waals surface area (Å²) in [5.41, 5.74) is 6.25. The molecule has 2 fully saturated rings. The number of likely N-dealkylation sites (tertiary alicyclic amines) is 2. The Balaban J connectivity index is 1.12. The number of amides is 2. The van der Waals surface area contributed by atoms with Crippen LogP contribution in [0.2, 0.25) is 5.02 Å². The Morgan fingerprint density at radius 2 is 1.97 bits per heavy atom. The highest BCUT2D eigenvalue weighted by Gasteiger charge is 2.44. The number of fused-ring (bicyclic) bond motifs is 3. The predicted octanol–water partition coefficient (Wildman–Crippen LogP) is 3.96. The molecular formula is C21H21ClN4O3S. The summed E-state index contributed by atoms with van der Waals surface area (Å²) in [6.45, 7) is 3.03. The van der Waals surface area contributed by atoms with Crippen LogP contribution in [0.3, 0.4) is 0 Å². The van der Waals surface area contributed by atoms with Gasteiger partial charge in [0.1, 0.15) is 18.1 Å². The number of nitrogens with zero attached hydrogens (tertiary/aromatic N) is 3. The van der Waals surface area contributed by atoms with Gasteiger partial charge >= 0.3 is 6.03 Å². The maximum atomic E-state index is 11.4. The second-order valence-electron chi connectivity index (χ2n) is 7.54. The minimum absolute atomic E-state index is 0.252. The van der Waals surface area contributed by atoms with E-state index in [1.807, 2.05) is 42.5 Å². The van der Waals surface area contributed by atoms with E-state index >= 15 is 0 Å². The van der Waals surface area contributed by atoms with E-state index in [-0.39, 0.29) is 12.1 Å². The summed E-state index contributed by atoms with van der Waals surface area (Å²) in [4.78, 5) is 20.0. The third-order valence-corrected chi connectivity index (χ3v) is 6.79. The number of carbonyl (C=O) groups excluding carboxylic acids is 1. The first-order valence-corrected chi connectivity index (χ1v) is 11.0. The molecule has 0 radical (unpaired) electrons. The molecule has 7 nitrogen and oxygen atoms in total. The number of hydrogen-bond acceptors (Lipinski definition) is 6. The summed E-state index contributed by atoms with van der Waals surface area (Å²) in [6, 6.07) is 13.5. The monoisotopic (exact) mass is 444 g/mol. The molecule has 0 saturated carbocycles. The first kappa shape index (κ1) is 19.4. The largest absolute Gasteiger partial charge is 0.492 e. The maximum absolute atomic E-state index is 11.4. The number of rotatable bonds is 6. The van der Waals surface area contributed by atoms with Crippen LogP contribution in [-0.4, -0.2) is 59.1 Å². The van der Waals surface area contributed by atoms with Gasteiger partial charge in [0.25, 0.3) is 5.19 Å². The molecule has 2 amide bonds. The van der Waals surface area contributed by atoms with E-state index in [1.165, 1.54) is 11.3 Å². The second kappa shape index (κ2) is 7.94. The van der Waals surface area contributed by atoms with Crippen LogP contribution in [0.5, 0.6) is 16.7 Å². The fourth-order valence-electron chi connectivity index (χ4n) is 4.20. The summed E-state index contributed by atoms with van der Waals surface area (Å²) >= 11 is 7.49. The molecule has 3 heterocycles. The van der Waals surface area contributed by atoms with Crippen LogP contribution in [0, 0.1) is 0 Å². The van der Waals surface area contributed by atoms with Gasteiger partial charge in [-0.1, -0.05) is 22.9 Å². The molecule has 0 spiro atoms. The number of aromatic nitrogens is 1. The van der Waals surface area contributed by atoms with Crippen molar-refractivity contribution in [1.29, 1.82) is 0 Å². The van der Waals surface area contributed by atoms with Crippen LogP contribution in [0.1, 0.15) is 6.42 Å². The summed E-state index contributed by atoms with van der Waals surface area (Å²) in [7, 11) is 0. The Morgan fingerprint density at radius 1 is 1.17 bits per heavy atom. The zero-order valence-corrected chi connectivity index (χ0v) is 17.7. The average Bonchev–Trinajstić information content (AvgIpc) is 3.42. The van der Waals surface area contributed by atoms with Crippen molar-refractivity contribution >= 4 is 39.2 Å². The van der Waals surface area contributed by atoms with Crippen molar-refractivity contribution in [3.8, 4) is 16.7 Å². The van der Waals surface area contributed by atoms with Crippen LogP contribution < -0.4 is 15.2 Å². The Kier molecular flexibility index (Phi) is 5.14. The molecule has 2 aliphatic heterocycles. The van der Waals surface area contributed by atoms with Gasteiger partial charge in [-0.2, -0.15) is 0 Å². The standard InChI is InChI=1S/C21H21ClN4O3S/c22-13-1-6-19-18(9-13)24-21(30-19)29-17-4-2-16(3-5-17)28-8-7-25-11-15-10-14(25)12-26(15)20(23)27/h1-6,9,14-15H,7-8,10-12H2,(H2,23,27)/t14-,15+/m1/s1. The van der Waals surface area contributed by atoms with E-state index in [2.05, 4.69) is 9.88 Å². The second-order valence-corrected chi connectivity index (χ2v) is 8.97.